The number of benzene rings is 7. The second kappa shape index (κ2) is 43.4. The summed E-state index contributed by atoms with van der Waals surface area (Å²) < 4.78 is 122. The number of nitrogens with one attached hydrogen (secondary N) is 4. The van der Waals surface area contributed by atoms with Crippen LogP contribution in [0.15, 0.2) is 218 Å². The van der Waals surface area contributed by atoms with E-state index in [2.05, 4.69) is 92.4 Å². The van der Waals surface area contributed by atoms with E-state index in [1.807, 2.05) is 164 Å². The van der Waals surface area contributed by atoms with Crippen LogP contribution in [0.3, 0.4) is 0 Å². The molecule has 0 bridgehead atoms. The largest absolute Gasteiger partial charge is 0.434 e. The molecule has 35 nitrogen and oxygen atoms in total. The Morgan fingerprint density at radius 2 is 0.664 bits per heavy atom. The second-order valence-corrected chi connectivity index (χ2v) is 39.3. The number of nitrogens with two attached hydrogens (primary N) is 4. The topological polar surface area (TPSA) is 465 Å². The summed E-state index contributed by atoms with van der Waals surface area (Å²) in [5.41, 5.74) is 32.5. The van der Waals surface area contributed by atoms with Gasteiger partial charge in [-0.1, -0.05) is 147 Å². The molecule has 149 heavy (non-hydrogen) atoms. The standard InChI is InChI=1S/C28H29FN8O.C27H24BrF3N8O.C27H24F4N8O.C23H30N6O2/c1-17-5-9-20(10-6-17)24-23-25(30)32-16-33-26(23)37(35-24)28(3,4)15-31-27(38)22-13-18(2)34-36(22)14-19-7-11-21(29)12-8-19;2*1-15-4-6-16(7-5-15)21-20-23(32)34-14-35-24(20)39(37-21)26(2,3)13-33-25(40)19-12-36-38(22(19)27(29,30)31)18-10-8-17(28)9-11-18;1-15-9-11-17(12-10-15)20-19-21(24)26-14-27-22(19)29(28-20)23(3,4)13-25-18(31)8-6-5-7-16(2)30/h5-13,16H,14-15H2,1-4H3,(H,31,38)(H2,30,32,33);2*4-12,14H,13H2,1-3H3,(H,33,40)(H2,32,34,35);9-12,14H,5-8,13H2,1-4H3,(H,25,31)(H2,24,26,27). The van der Waals surface area contributed by atoms with E-state index in [0.717, 1.165) is 98.8 Å². The van der Waals surface area contributed by atoms with E-state index in [4.69, 9.17) is 43.3 Å². The molecule has 0 aliphatic heterocycles. The maximum atomic E-state index is 14.1. The number of halogens is 9. The van der Waals surface area contributed by atoms with Crippen LogP contribution in [0.25, 0.3) is 101 Å². The molecule has 0 aliphatic rings. The molecule has 18 rings (SSSR count). The van der Waals surface area contributed by atoms with Gasteiger partial charge in [-0.3, -0.25) is 23.9 Å². The summed E-state index contributed by atoms with van der Waals surface area (Å²) >= 11 is 3.26. The summed E-state index contributed by atoms with van der Waals surface area (Å²) in [7, 11) is 0. The van der Waals surface area contributed by atoms with E-state index < -0.39 is 74.7 Å². The Bertz CT molecular complexity index is 7710. The number of aryl methyl sites for hydroxylation is 5. The quantitative estimate of drug-likeness (QED) is 0.0167. The number of fused-ring (bicyclic) bond motifs is 4. The molecule has 18 aromatic rings. The third kappa shape index (κ3) is 23.9. The summed E-state index contributed by atoms with van der Waals surface area (Å²) in [6.45, 7) is 27.2. The van der Waals surface area contributed by atoms with Gasteiger partial charge in [-0.2, -0.15) is 62.0 Å². The van der Waals surface area contributed by atoms with Gasteiger partial charge < -0.3 is 49.0 Å². The third-order valence-electron chi connectivity index (χ3n) is 24.6. The molecule has 11 aromatic heterocycles. The minimum absolute atomic E-state index is 0.0408. The molecule has 0 saturated carbocycles. The van der Waals surface area contributed by atoms with Gasteiger partial charge in [-0.25, -0.2) is 76.7 Å². The number of alkyl halides is 6. The number of hydrogen-bond donors (Lipinski definition) is 8. The van der Waals surface area contributed by atoms with Gasteiger partial charge in [0, 0.05) is 65.7 Å². The first-order valence-electron chi connectivity index (χ1n) is 47.0. The molecule has 770 valence electrons. The van der Waals surface area contributed by atoms with Gasteiger partial charge in [0.15, 0.2) is 34.0 Å². The van der Waals surface area contributed by atoms with Crippen LogP contribution >= 0.6 is 15.9 Å². The van der Waals surface area contributed by atoms with Gasteiger partial charge in [-0.05, 0) is 182 Å². The molecule has 7 aromatic carbocycles. The smallest absolute Gasteiger partial charge is 0.383 e. The van der Waals surface area contributed by atoms with E-state index in [1.54, 1.807) is 83.7 Å². The van der Waals surface area contributed by atoms with Gasteiger partial charge in [0.05, 0.1) is 90.8 Å². The molecule has 12 N–H and O–H groups in total. The fraction of sp³-hybridized carbons (Fsp3) is 0.276. The van der Waals surface area contributed by atoms with E-state index in [1.165, 1.54) is 49.6 Å². The maximum Gasteiger partial charge on any atom is 0.434 e. The molecule has 11 heterocycles. The van der Waals surface area contributed by atoms with Crippen LogP contribution in [-0.4, -0.2) is 164 Å². The Balaban J connectivity index is 0.000000149. The average Bonchev–Trinajstić information content (AvgIpc) is 1.60. The van der Waals surface area contributed by atoms with Gasteiger partial charge in [0.2, 0.25) is 5.91 Å². The Morgan fingerprint density at radius 1 is 0.369 bits per heavy atom. The number of nitrogens with zero attached hydrogens (tertiary/aromatic N) is 22. The molecular weight excluding hydrogens is 1990 g/mol. The Morgan fingerprint density at radius 3 is 0.980 bits per heavy atom. The fourth-order valence-electron chi connectivity index (χ4n) is 16.5. The minimum atomic E-state index is -4.91. The summed E-state index contributed by atoms with van der Waals surface area (Å²) in [5, 5.41) is 45.0. The van der Waals surface area contributed by atoms with Crippen molar-refractivity contribution < 1.29 is 59.1 Å². The zero-order valence-corrected chi connectivity index (χ0v) is 85.2. The van der Waals surface area contributed by atoms with Gasteiger partial charge >= 0.3 is 12.4 Å². The Kier molecular flexibility index (Phi) is 30.9. The van der Waals surface area contributed by atoms with E-state index in [0.29, 0.717) is 130 Å². The SMILES string of the molecule is CC(=O)CCCCC(=O)NCC(C)(C)n1nc(-c2ccc(C)cc2)c2c(N)ncnc21.Cc1ccc(-c2nn(C(C)(C)CNC(=O)c3cc(C)nn3Cc3ccc(F)cc3)c3ncnc(N)c23)cc1.Cc1ccc(-c2nn(C(C)(C)CNC(=O)c3cnn(-c4ccc(Br)cc4)c3C(F)(F)F)c3ncnc(N)c23)cc1.Cc1ccc(-c2nn(C(C)(C)CNC(=O)c3cnn(-c4ccc(F)cc4)c3C(F)(F)F)c3ncnc(N)c23)cc1. The van der Waals surface area contributed by atoms with Crippen LogP contribution in [0.2, 0.25) is 0 Å². The molecule has 4 amide bonds. The first kappa shape index (κ1) is 106. The molecule has 0 atom stereocenters. The number of aromatic nitrogens is 22. The van der Waals surface area contributed by atoms with Crippen LogP contribution in [0, 0.1) is 46.3 Å². The van der Waals surface area contributed by atoms with Crippen molar-refractivity contribution in [1.29, 1.82) is 0 Å². The van der Waals surface area contributed by atoms with Crippen molar-refractivity contribution in [1.82, 2.24) is 130 Å². The van der Waals surface area contributed by atoms with Gasteiger partial charge in [0.1, 0.15) is 94.5 Å². The number of carbonyl (C=O) groups is 5. The van der Waals surface area contributed by atoms with Crippen LogP contribution < -0.4 is 44.2 Å². The maximum absolute atomic E-state index is 14.1. The summed E-state index contributed by atoms with van der Waals surface area (Å²) in [4.78, 5) is 96.9. The van der Waals surface area contributed by atoms with Crippen molar-refractivity contribution in [3.8, 4) is 56.4 Å². The molecule has 44 heteroatoms. The molecule has 0 unspecified atom stereocenters. The molecule has 0 fully saturated rings. The van der Waals surface area contributed by atoms with Gasteiger partial charge in [-0.15, -0.1) is 0 Å². The van der Waals surface area contributed by atoms with E-state index >= 15 is 0 Å². The highest BCUT2D eigenvalue weighted by Crippen LogP contribution is 2.42. The summed E-state index contributed by atoms with van der Waals surface area (Å²) in [5.74, 6) is -1.83. The first-order valence-corrected chi connectivity index (χ1v) is 47.8. The van der Waals surface area contributed by atoms with Crippen LogP contribution in [-0.2, 0) is 50.6 Å². The molecular formula is C105H107BrF8N30O5. The lowest BCUT2D eigenvalue weighted by atomic mass is 10.1. The molecule has 0 radical (unpaired) electrons. The van der Waals surface area contributed by atoms with E-state index in [-0.39, 0.29) is 66.1 Å². The number of rotatable bonds is 28. The number of Topliss-reactive ketones (excluding diaryl/α,β-unsaturated/α-hetero) is 1. The van der Waals surface area contributed by atoms with Crippen LogP contribution in [0.5, 0.6) is 0 Å². The lowest BCUT2D eigenvalue weighted by Crippen LogP contribution is -2.42. The average molecular weight is 2100 g/mol. The lowest BCUT2D eigenvalue weighted by Gasteiger charge is -2.26. The number of hydrogen-bond acceptors (Lipinski definition) is 24. The zero-order chi connectivity index (χ0) is 107. The van der Waals surface area contributed by atoms with Crippen molar-refractivity contribution in [2.75, 3.05) is 49.1 Å². The Labute approximate surface area is 857 Å². The van der Waals surface area contributed by atoms with Crippen molar-refractivity contribution in [3.05, 3.63) is 291 Å². The number of nitrogen functional groups attached to an aromatic ring is 4. The highest BCUT2D eigenvalue weighted by molar-refractivity contribution is 9.10. The molecule has 0 spiro atoms. The van der Waals surface area contributed by atoms with E-state index in [9.17, 15) is 59.1 Å². The first-order chi connectivity index (χ1) is 70.5. The number of anilines is 4. The molecule has 0 saturated heterocycles. The van der Waals surface area contributed by atoms with Crippen molar-refractivity contribution in [2.45, 2.75) is 164 Å². The van der Waals surface area contributed by atoms with Crippen LogP contribution in [0.4, 0.5) is 58.4 Å². The molecule has 0 aliphatic carbocycles. The van der Waals surface area contributed by atoms with Crippen LogP contribution in [0.1, 0.15) is 164 Å². The van der Waals surface area contributed by atoms with Crippen molar-refractivity contribution >= 4 is 113 Å². The summed E-state index contributed by atoms with van der Waals surface area (Å²) in [6, 6.07) is 49.7. The highest BCUT2D eigenvalue weighted by atomic mass is 79.9. The fourth-order valence-corrected chi connectivity index (χ4v) is 16.8. The zero-order valence-electron chi connectivity index (χ0n) is 83.7. The predicted molar refractivity (Wildman–Crippen MR) is 553 cm³/mol. The van der Waals surface area contributed by atoms with Crippen molar-refractivity contribution in [3.63, 3.8) is 0 Å². The highest BCUT2D eigenvalue weighted by Gasteiger charge is 2.44. The number of ketones is 1. The normalized spacial score (nSPS) is 11.9. The second-order valence-electron chi connectivity index (χ2n) is 38.4. The summed E-state index contributed by atoms with van der Waals surface area (Å²) in [6.07, 6.45) is -0.208. The number of unbranched alkanes of at least 4 members (excludes halogenated alkanes) is 1. The lowest BCUT2D eigenvalue weighted by molar-refractivity contribution is -0.143. The van der Waals surface area contributed by atoms with Gasteiger partial charge in [0.25, 0.3) is 17.7 Å². The minimum Gasteiger partial charge on any atom is -0.383 e. The monoisotopic (exact) mass is 2100 g/mol. The Hall–Kier alpha value is -17.0. The van der Waals surface area contributed by atoms with Crippen molar-refractivity contribution in [2.24, 2.45) is 0 Å². The number of amides is 4. The predicted octanol–water partition coefficient (Wildman–Crippen LogP) is 18.0. The number of carbonyl (C=O) groups excluding carboxylic acids is 5. The third-order valence-corrected chi connectivity index (χ3v) is 25.1.